The summed E-state index contributed by atoms with van der Waals surface area (Å²) in [5.41, 5.74) is 3.39. The van der Waals surface area contributed by atoms with Gasteiger partial charge in [0.05, 0.1) is 16.9 Å². The first-order valence-electron chi connectivity index (χ1n) is 10.0. The zero-order valence-electron chi connectivity index (χ0n) is 17.5. The van der Waals surface area contributed by atoms with Crippen LogP contribution in [0.25, 0.3) is 0 Å². The predicted molar refractivity (Wildman–Crippen MR) is 123 cm³/mol. The maximum Gasteiger partial charge on any atom is 0.328 e. The van der Waals surface area contributed by atoms with Gasteiger partial charge in [-0.2, -0.15) is 0 Å². The number of aliphatic carboxylic acids is 2. The minimum atomic E-state index is -1.26. The van der Waals surface area contributed by atoms with Gasteiger partial charge in [-0.05, 0) is 31.7 Å². The van der Waals surface area contributed by atoms with Gasteiger partial charge < -0.3 is 25.3 Å². The van der Waals surface area contributed by atoms with Gasteiger partial charge in [0.1, 0.15) is 10.8 Å². The molecule has 0 unspecified atom stereocenters. The number of piperazine rings is 1. The summed E-state index contributed by atoms with van der Waals surface area (Å²) < 4.78 is 0. The van der Waals surface area contributed by atoms with E-state index in [0.29, 0.717) is 12.2 Å². The second-order valence-corrected chi connectivity index (χ2v) is 8.32. The van der Waals surface area contributed by atoms with E-state index in [1.807, 2.05) is 11.3 Å². The fraction of sp³-hybridized carbons (Fsp3) is 0.318. The van der Waals surface area contributed by atoms with Crippen molar-refractivity contribution >= 4 is 45.5 Å². The van der Waals surface area contributed by atoms with Gasteiger partial charge in [-0.1, -0.05) is 19.1 Å². The molecule has 1 aromatic carbocycles. The Labute approximate surface area is 185 Å². The zero-order valence-corrected chi connectivity index (χ0v) is 18.4. The first-order valence-corrected chi connectivity index (χ1v) is 10.8. The van der Waals surface area contributed by atoms with E-state index < -0.39 is 11.9 Å². The van der Waals surface area contributed by atoms with Crippen LogP contribution in [-0.4, -0.2) is 71.0 Å². The Balaban J connectivity index is 0.000000293. The topological polar surface area (TPSA) is 105 Å². The Kier molecular flexibility index (Phi) is 7.43. The molecule has 0 saturated carbocycles. The number of amidine groups is 1. The molecule has 3 heterocycles. The van der Waals surface area contributed by atoms with Crippen molar-refractivity contribution in [2.45, 2.75) is 13.3 Å². The van der Waals surface area contributed by atoms with Crippen molar-refractivity contribution in [1.29, 1.82) is 0 Å². The molecule has 0 atom stereocenters. The Morgan fingerprint density at radius 1 is 1.13 bits per heavy atom. The highest BCUT2D eigenvalue weighted by Crippen LogP contribution is 2.39. The maximum absolute atomic E-state index is 9.55. The summed E-state index contributed by atoms with van der Waals surface area (Å²) in [5, 5.41) is 20.5. The number of benzene rings is 1. The summed E-state index contributed by atoms with van der Waals surface area (Å²) in [6.07, 6.45) is 2.18. The second kappa shape index (κ2) is 10.2. The Hall–Kier alpha value is -3.17. The number of aliphatic imine (C=N–C) groups is 1. The molecule has 31 heavy (non-hydrogen) atoms. The number of likely N-dealkylation sites (N-methyl/N-ethyl adjacent to an activating group) is 1. The van der Waals surface area contributed by atoms with Crippen LogP contribution in [0.2, 0.25) is 0 Å². The molecule has 2 aliphatic rings. The molecule has 0 amide bonds. The lowest BCUT2D eigenvalue weighted by Crippen LogP contribution is -2.47. The number of thiophene rings is 1. The summed E-state index contributed by atoms with van der Waals surface area (Å²) in [6, 6.07) is 10.6. The normalized spacial score (nSPS) is 15.7. The third-order valence-electron chi connectivity index (χ3n) is 4.92. The molecule has 1 aromatic heterocycles. The van der Waals surface area contributed by atoms with Gasteiger partial charge in [0.15, 0.2) is 0 Å². The number of nitrogens with zero attached hydrogens (tertiary/aromatic N) is 3. The SMILES string of the molecule is CCc1cc2c(s1)Nc1ccccc1N=C2N1CCN(C)CC1.O=C(O)/C=C\C(=O)O. The third-order valence-corrected chi connectivity index (χ3v) is 6.12. The van der Waals surface area contributed by atoms with Gasteiger partial charge in [-0.15, -0.1) is 11.3 Å². The molecule has 8 nitrogen and oxygen atoms in total. The zero-order chi connectivity index (χ0) is 22.4. The van der Waals surface area contributed by atoms with E-state index in [1.54, 1.807) is 0 Å². The quantitative estimate of drug-likeness (QED) is 0.626. The van der Waals surface area contributed by atoms with E-state index in [1.165, 1.54) is 15.4 Å². The summed E-state index contributed by atoms with van der Waals surface area (Å²) in [6.45, 7) is 6.47. The number of carboxylic acid groups (broad SMARTS) is 2. The van der Waals surface area contributed by atoms with Crippen molar-refractivity contribution in [1.82, 2.24) is 9.80 Å². The summed E-state index contributed by atoms with van der Waals surface area (Å²) in [5.74, 6) is -1.39. The van der Waals surface area contributed by atoms with Crippen LogP contribution in [0.3, 0.4) is 0 Å². The number of hydrogen-bond acceptors (Lipinski definition) is 7. The molecule has 2 aromatic rings. The van der Waals surface area contributed by atoms with Gasteiger partial charge in [0, 0.05) is 43.2 Å². The molecule has 164 valence electrons. The molecular formula is C22H26N4O4S. The van der Waals surface area contributed by atoms with Crippen LogP contribution in [-0.2, 0) is 16.0 Å². The average Bonchev–Trinajstić information content (AvgIpc) is 3.09. The fourth-order valence-corrected chi connectivity index (χ4v) is 4.26. The van der Waals surface area contributed by atoms with Crippen LogP contribution in [0.4, 0.5) is 16.4 Å². The number of rotatable bonds is 3. The predicted octanol–water partition coefficient (Wildman–Crippen LogP) is 3.41. The molecule has 1 saturated heterocycles. The molecule has 0 aliphatic carbocycles. The first kappa shape index (κ1) is 22.5. The van der Waals surface area contributed by atoms with Crippen LogP contribution in [0.5, 0.6) is 0 Å². The molecule has 0 bridgehead atoms. The number of para-hydroxylation sites is 2. The molecule has 2 aliphatic heterocycles. The Bertz CT molecular complexity index is 991. The minimum absolute atomic E-state index is 0.558. The van der Waals surface area contributed by atoms with Gasteiger partial charge in [0.2, 0.25) is 0 Å². The third kappa shape index (κ3) is 5.93. The summed E-state index contributed by atoms with van der Waals surface area (Å²) in [7, 11) is 2.19. The highest BCUT2D eigenvalue weighted by atomic mass is 32.1. The van der Waals surface area contributed by atoms with Crippen LogP contribution in [0.1, 0.15) is 17.4 Å². The largest absolute Gasteiger partial charge is 0.478 e. The molecular weight excluding hydrogens is 416 g/mol. The number of carboxylic acids is 2. The lowest BCUT2D eigenvalue weighted by molar-refractivity contribution is -0.134. The van der Waals surface area contributed by atoms with Gasteiger partial charge >= 0.3 is 11.9 Å². The molecule has 4 rings (SSSR count). The first-order chi connectivity index (χ1) is 14.9. The highest BCUT2D eigenvalue weighted by molar-refractivity contribution is 7.16. The average molecular weight is 443 g/mol. The van der Waals surface area contributed by atoms with Crippen molar-refractivity contribution in [3.05, 3.63) is 52.9 Å². The number of fused-ring (bicyclic) bond motifs is 2. The van der Waals surface area contributed by atoms with Crippen molar-refractivity contribution in [2.75, 3.05) is 38.5 Å². The van der Waals surface area contributed by atoms with Crippen molar-refractivity contribution in [3.63, 3.8) is 0 Å². The summed E-state index contributed by atoms with van der Waals surface area (Å²) >= 11 is 1.85. The molecule has 0 spiro atoms. The smallest absolute Gasteiger partial charge is 0.328 e. The molecule has 0 radical (unpaired) electrons. The van der Waals surface area contributed by atoms with Crippen molar-refractivity contribution in [2.24, 2.45) is 4.99 Å². The number of anilines is 2. The lowest BCUT2D eigenvalue weighted by Gasteiger charge is -2.34. The van der Waals surface area contributed by atoms with E-state index in [9.17, 15) is 9.59 Å². The van der Waals surface area contributed by atoms with E-state index in [0.717, 1.165) is 49.8 Å². The maximum atomic E-state index is 9.55. The van der Waals surface area contributed by atoms with Crippen molar-refractivity contribution in [3.8, 4) is 0 Å². The van der Waals surface area contributed by atoms with E-state index in [2.05, 4.69) is 59.4 Å². The monoisotopic (exact) mass is 442 g/mol. The van der Waals surface area contributed by atoms with Crippen LogP contribution in [0, 0.1) is 0 Å². The molecule has 3 N–H and O–H groups in total. The van der Waals surface area contributed by atoms with E-state index >= 15 is 0 Å². The van der Waals surface area contributed by atoms with Crippen LogP contribution in [0.15, 0.2) is 47.5 Å². The van der Waals surface area contributed by atoms with E-state index in [4.69, 9.17) is 15.2 Å². The Morgan fingerprint density at radius 3 is 2.39 bits per heavy atom. The second-order valence-electron chi connectivity index (χ2n) is 7.19. The lowest BCUT2D eigenvalue weighted by atomic mass is 10.2. The van der Waals surface area contributed by atoms with E-state index in [-0.39, 0.29) is 0 Å². The van der Waals surface area contributed by atoms with Crippen LogP contribution < -0.4 is 5.32 Å². The number of hydrogen-bond donors (Lipinski definition) is 3. The van der Waals surface area contributed by atoms with Gasteiger partial charge in [-0.25, -0.2) is 14.6 Å². The van der Waals surface area contributed by atoms with Crippen molar-refractivity contribution < 1.29 is 19.8 Å². The molecule has 9 heteroatoms. The summed E-state index contributed by atoms with van der Waals surface area (Å²) in [4.78, 5) is 30.4. The fourth-order valence-electron chi connectivity index (χ4n) is 3.25. The Morgan fingerprint density at radius 2 is 1.77 bits per heavy atom. The molecule has 1 fully saturated rings. The minimum Gasteiger partial charge on any atom is -0.478 e. The van der Waals surface area contributed by atoms with Gasteiger partial charge in [0.25, 0.3) is 0 Å². The number of nitrogens with one attached hydrogen (secondary N) is 1. The van der Waals surface area contributed by atoms with Crippen LogP contribution >= 0.6 is 11.3 Å². The highest BCUT2D eigenvalue weighted by Gasteiger charge is 2.25. The standard InChI is InChI=1S/C18H22N4S.C4H4O4/c1-3-13-12-14-17(22-10-8-21(2)9-11-22)19-15-6-4-5-7-16(15)20-18(14)23-13;5-3(6)1-2-4(7)8/h4-7,12,20H,3,8-11H2,1-2H3;1-2H,(H,5,6)(H,7,8)/b;2-1-. The van der Waals surface area contributed by atoms with Gasteiger partial charge in [-0.3, -0.25) is 0 Å². The number of carbonyl (C=O) groups is 2. The number of aryl methyl sites for hydroxylation is 1.